The monoisotopic (exact) mass is 255 g/mol. The van der Waals surface area contributed by atoms with Crippen LogP contribution in [0.3, 0.4) is 0 Å². The molecule has 2 aromatic rings. The van der Waals surface area contributed by atoms with E-state index in [9.17, 15) is 0 Å². The normalized spacial score (nSPS) is 14.4. The molecule has 2 aromatic heterocycles. The third-order valence-electron chi connectivity index (χ3n) is 3.17. The summed E-state index contributed by atoms with van der Waals surface area (Å²) in [5.74, 6) is 0.949. The lowest BCUT2D eigenvalue weighted by Crippen LogP contribution is -1.88. The summed E-state index contributed by atoms with van der Waals surface area (Å²) in [7, 11) is 0. The first-order valence-corrected chi connectivity index (χ1v) is 7.04. The fourth-order valence-electron chi connectivity index (χ4n) is 1.89. The van der Waals surface area contributed by atoms with E-state index in [4.69, 9.17) is 5.26 Å². The van der Waals surface area contributed by atoms with E-state index in [0.29, 0.717) is 5.56 Å². The average Bonchev–Trinajstić information content (AvgIpc) is 3.14. The number of pyridine rings is 1. The number of aryl methyl sites for hydroxylation is 1. The predicted molar refractivity (Wildman–Crippen MR) is 71.1 cm³/mol. The summed E-state index contributed by atoms with van der Waals surface area (Å²) in [6.45, 7) is 0. The molecule has 0 bridgehead atoms. The Labute approximate surface area is 110 Å². The van der Waals surface area contributed by atoms with Gasteiger partial charge in [0.05, 0.1) is 22.0 Å². The van der Waals surface area contributed by atoms with Crippen LogP contribution in [0, 0.1) is 17.2 Å². The lowest BCUT2D eigenvalue weighted by Gasteiger charge is -1.95. The van der Waals surface area contributed by atoms with Gasteiger partial charge in [-0.3, -0.25) is 4.98 Å². The summed E-state index contributed by atoms with van der Waals surface area (Å²) in [4.78, 5) is 8.87. The van der Waals surface area contributed by atoms with Gasteiger partial charge in [-0.2, -0.15) is 5.26 Å². The molecular weight excluding hydrogens is 242 g/mol. The van der Waals surface area contributed by atoms with Crippen LogP contribution >= 0.6 is 11.3 Å². The maximum Gasteiger partial charge on any atom is 0.101 e. The molecule has 1 aliphatic rings. The summed E-state index contributed by atoms with van der Waals surface area (Å²) in [6, 6.07) is 5.71. The molecule has 2 heterocycles. The Kier molecular flexibility index (Phi) is 3.07. The van der Waals surface area contributed by atoms with E-state index in [0.717, 1.165) is 23.7 Å². The van der Waals surface area contributed by atoms with E-state index in [-0.39, 0.29) is 0 Å². The van der Waals surface area contributed by atoms with Crippen molar-refractivity contribution in [3.63, 3.8) is 0 Å². The Morgan fingerprint density at radius 3 is 2.89 bits per heavy atom. The quantitative estimate of drug-likeness (QED) is 0.841. The molecule has 0 spiro atoms. The first-order valence-electron chi connectivity index (χ1n) is 6.16. The fourth-order valence-corrected chi connectivity index (χ4v) is 2.70. The molecule has 0 aliphatic heterocycles. The molecule has 0 atom stereocenters. The van der Waals surface area contributed by atoms with Gasteiger partial charge in [0.15, 0.2) is 0 Å². The third-order valence-corrected chi connectivity index (χ3v) is 4.08. The maximum atomic E-state index is 8.73. The summed E-state index contributed by atoms with van der Waals surface area (Å²) in [5, 5.41) is 12.0. The minimum absolute atomic E-state index is 0.586. The second-order valence-corrected chi connectivity index (χ2v) is 5.60. The molecule has 0 amide bonds. The first-order chi connectivity index (χ1) is 8.85. The first kappa shape index (κ1) is 11.4. The third kappa shape index (κ3) is 2.57. The highest BCUT2D eigenvalue weighted by Crippen LogP contribution is 2.34. The number of hydrogen-bond donors (Lipinski definition) is 0. The van der Waals surface area contributed by atoms with Crippen molar-refractivity contribution in [2.45, 2.75) is 25.7 Å². The molecule has 4 heteroatoms. The molecule has 0 aromatic carbocycles. The van der Waals surface area contributed by atoms with Crippen LogP contribution in [0.25, 0.3) is 11.4 Å². The Hall–Kier alpha value is -1.73. The van der Waals surface area contributed by atoms with Crippen LogP contribution in [0.1, 0.15) is 29.8 Å². The number of thiazole rings is 1. The van der Waals surface area contributed by atoms with E-state index in [2.05, 4.69) is 21.4 Å². The molecule has 1 aliphatic carbocycles. The standard InChI is InChI=1S/C14H13N3S/c15-7-11-3-5-12(16-8-11)13-9-18-14(17-13)6-4-10-1-2-10/h3,5,8-10H,1-2,4,6H2. The number of nitrogens with zero attached hydrogens (tertiary/aromatic N) is 3. The molecule has 3 nitrogen and oxygen atoms in total. The fraction of sp³-hybridized carbons (Fsp3) is 0.357. The van der Waals surface area contributed by atoms with Gasteiger partial charge >= 0.3 is 0 Å². The summed E-state index contributed by atoms with van der Waals surface area (Å²) in [6.07, 6.45) is 6.75. The number of hydrogen-bond acceptors (Lipinski definition) is 4. The van der Waals surface area contributed by atoms with Crippen LogP contribution in [0.4, 0.5) is 0 Å². The zero-order valence-electron chi connectivity index (χ0n) is 9.97. The Morgan fingerprint density at radius 2 is 2.22 bits per heavy atom. The van der Waals surface area contributed by atoms with Gasteiger partial charge in [0, 0.05) is 11.6 Å². The largest absolute Gasteiger partial charge is 0.253 e. The molecule has 90 valence electrons. The van der Waals surface area contributed by atoms with Crippen LogP contribution in [0.5, 0.6) is 0 Å². The molecule has 0 saturated heterocycles. The zero-order chi connectivity index (χ0) is 12.4. The molecule has 18 heavy (non-hydrogen) atoms. The SMILES string of the molecule is N#Cc1ccc(-c2csc(CCC3CC3)n2)nc1. The maximum absolute atomic E-state index is 8.73. The predicted octanol–water partition coefficient (Wildman–Crippen LogP) is 3.42. The van der Waals surface area contributed by atoms with Gasteiger partial charge in [-0.1, -0.05) is 12.8 Å². The van der Waals surface area contributed by atoms with Gasteiger partial charge in [0.1, 0.15) is 6.07 Å². The molecule has 1 fully saturated rings. The van der Waals surface area contributed by atoms with Crippen LogP contribution < -0.4 is 0 Å². The molecule has 0 radical (unpaired) electrons. The van der Waals surface area contributed by atoms with E-state index < -0.39 is 0 Å². The Balaban J connectivity index is 1.72. The second-order valence-electron chi connectivity index (χ2n) is 4.65. The van der Waals surface area contributed by atoms with Gasteiger partial charge in [-0.05, 0) is 30.9 Å². The van der Waals surface area contributed by atoms with Gasteiger partial charge < -0.3 is 0 Å². The minimum Gasteiger partial charge on any atom is -0.253 e. The molecule has 1 saturated carbocycles. The minimum atomic E-state index is 0.586. The lowest BCUT2D eigenvalue weighted by atomic mass is 10.2. The zero-order valence-corrected chi connectivity index (χ0v) is 10.8. The Morgan fingerprint density at radius 1 is 1.33 bits per heavy atom. The lowest BCUT2D eigenvalue weighted by molar-refractivity contribution is 0.724. The van der Waals surface area contributed by atoms with Crippen molar-refractivity contribution in [1.82, 2.24) is 9.97 Å². The summed E-state index contributed by atoms with van der Waals surface area (Å²) in [5.41, 5.74) is 2.36. The second kappa shape index (κ2) is 4.87. The smallest absolute Gasteiger partial charge is 0.101 e. The average molecular weight is 255 g/mol. The van der Waals surface area contributed by atoms with Crippen molar-refractivity contribution < 1.29 is 0 Å². The van der Waals surface area contributed by atoms with Crippen LogP contribution in [0.2, 0.25) is 0 Å². The van der Waals surface area contributed by atoms with Crippen molar-refractivity contribution >= 4 is 11.3 Å². The highest BCUT2D eigenvalue weighted by Gasteiger charge is 2.21. The van der Waals surface area contributed by atoms with Gasteiger partial charge in [-0.15, -0.1) is 11.3 Å². The van der Waals surface area contributed by atoms with Crippen molar-refractivity contribution in [1.29, 1.82) is 5.26 Å². The van der Waals surface area contributed by atoms with Crippen molar-refractivity contribution in [3.8, 4) is 17.5 Å². The van der Waals surface area contributed by atoms with Crippen LogP contribution in [-0.2, 0) is 6.42 Å². The molecule has 3 rings (SSSR count). The van der Waals surface area contributed by atoms with Crippen molar-refractivity contribution in [3.05, 3.63) is 34.3 Å². The van der Waals surface area contributed by atoms with Crippen LogP contribution in [0.15, 0.2) is 23.7 Å². The topological polar surface area (TPSA) is 49.6 Å². The summed E-state index contributed by atoms with van der Waals surface area (Å²) < 4.78 is 0. The van der Waals surface area contributed by atoms with Gasteiger partial charge in [-0.25, -0.2) is 4.98 Å². The number of aromatic nitrogens is 2. The highest BCUT2D eigenvalue weighted by molar-refractivity contribution is 7.09. The van der Waals surface area contributed by atoms with E-state index in [1.54, 1.807) is 23.6 Å². The van der Waals surface area contributed by atoms with E-state index in [1.807, 2.05) is 6.07 Å². The molecular formula is C14H13N3S. The van der Waals surface area contributed by atoms with E-state index >= 15 is 0 Å². The van der Waals surface area contributed by atoms with Gasteiger partial charge in [0.25, 0.3) is 0 Å². The summed E-state index contributed by atoms with van der Waals surface area (Å²) >= 11 is 1.71. The highest BCUT2D eigenvalue weighted by atomic mass is 32.1. The number of rotatable bonds is 4. The van der Waals surface area contributed by atoms with Crippen molar-refractivity contribution in [2.75, 3.05) is 0 Å². The molecule has 0 unspecified atom stereocenters. The number of nitriles is 1. The van der Waals surface area contributed by atoms with Gasteiger partial charge in [0.2, 0.25) is 0 Å². The van der Waals surface area contributed by atoms with Crippen molar-refractivity contribution in [2.24, 2.45) is 5.92 Å². The van der Waals surface area contributed by atoms with Crippen LogP contribution in [-0.4, -0.2) is 9.97 Å². The Bertz CT molecular complexity index is 576. The van der Waals surface area contributed by atoms with E-state index in [1.165, 1.54) is 24.3 Å². The molecule has 0 N–H and O–H groups in total.